The zero-order valence-electron chi connectivity index (χ0n) is 14.9. The molecule has 2 aromatic carbocycles. The molecule has 0 fully saturated rings. The van der Waals surface area contributed by atoms with Gasteiger partial charge in [-0.2, -0.15) is 13.2 Å². The van der Waals surface area contributed by atoms with Crippen molar-refractivity contribution in [2.75, 3.05) is 6.61 Å². The van der Waals surface area contributed by atoms with Gasteiger partial charge in [-0.3, -0.25) is 4.79 Å². The molecular formula is C19H19F3N2O4. The summed E-state index contributed by atoms with van der Waals surface area (Å²) in [5.74, 6) is -0.438. The molecule has 2 rings (SSSR count). The lowest BCUT2D eigenvalue weighted by Crippen LogP contribution is -2.33. The van der Waals surface area contributed by atoms with Crippen molar-refractivity contribution in [2.24, 2.45) is 10.9 Å². The second-order valence-corrected chi connectivity index (χ2v) is 5.90. The molecular weight excluding hydrogens is 377 g/mol. The Morgan fingerprint density at radius 1 is 1.14 bits per heavy atom. The first-order valence-electron chi connectivity index (χ1n) is 8.20. The Balaban J connectivity index is 1.88. The van der Waals surface area contributed by atoms with Gasteiger partial charge in [0.1, 0.15) is 19.0 Å². The molecule has 0 heterocycles. The molecule has 0 spiro atoms. The van der Waals surface area contributed by atoms with Gasteiger partial charge in [0.15, 0.2) is 6.10 Å². The van der Waals surface area contributed by atoms with Crippen LogP contribution in [0.3, 0.4) is 0 Å². The van der Waals surface area contributed by atoms with E-state index in [0.29, 0.717) is 17.0 Å². The molecule has 0 radical (unpaired) electrons. The van der Waals surface area contributed by atoms with Crippen LogP contribution < -0.4 is 10.5 Å². The maximum atomic E-state index is 12.5. The van der Waals surface area contributed by atoms with Crippen LogP contribution in [0.4, 0.5) is 13.2 Å². The second-order valence-electron chi connectivity index (χ2n) is 5.90. The fourth-order valence-electron chi connectivity index (χ4n) is 2.10. The second kappa shape index (κ2) is 9.23. The smallest absolute Gasteiger partial charge is 0.416 e. The molecule has 9 heteroatoms. The SMILES string of the molecule is CC(=NOCc1ccc(C(F)(F)F)cc1)c1ccc(OCC(O)C(N)=O)cc1. The van der Waals surface area contributed by atoms with Crippen LogP contribution in [0.25, 0.3) is 0 Å². The first-order chi connectivity index (χ1) is 13.2. The van der Waals surface area contributed by atoms with Crippen LogP contribution in [0.1, 0.15) is 23.6 Å². The number of ether oxygens (including phenoxy) is 1. The number of oxime groups is 1. The maximum Gasteiger partial charge on any atom is 0.416 e. The first-order valence-corrected chi connectivity index (χ1v) is 8.20. The molecule has 6 nitrogen and oxygen atoms in total. The predicted octanol–water partition coefficient (Wildman–Crippen LogP) is 2.87. The Labute approximate surface area is 159 Å². The third-order valence-corrected chi connectivity index (χ3v) is 3.72. The molecule has 1 atom stereocenters. The summed E-state index contributed by atoms with van der Waals surface area (Å²) >= 11 is 0. The predicted molar refractivity (Wildman–Crippen MR) is 95.6 cm³/mol. The summed E-state index contributed by atoms with van der Waals surface area (Å²) < 4.78 is 42.8. The molecule has 3 N–H and O–H groups in total. The van der Waals surface area contributed by atoms with Crippen LogP contribution in [0.15, 0.2) is 53.7 Å². The number of benzene rings is 2. The summed E-state index contributed by atoms with van der Waals surface area (Å²) in [6.45, 7) is 1.49. The molecule has 0 aliphatic heterocycles. The number of rotatable bonds is 8. The van der Waals surface area contributed by atoms with Crippen LogP contribution in [-0.4, -0.2) is 29.4 Å². The number of nitrogens with zero attached hydrogens (tertiary/aromatic N) is 1. The van der Waals surface area contributed by atoms with Gasteiger partial charge in [-0.1, -0.05) is 17.3 Å². The van der Waals surface area contributed by atoms with E-state index in [9.17, 15) is 23.1 Å². The highest BCUT2D eigenvalue weighted by atomic mass is 19.4. The number of halogens is 3. The number of nitrogens with two attached hydrogens (primary N) is 1. The third kappa shape index (κ3) is 6.27. The van der Waals surface area contributed by atoms with Gasteiger partial charge in [-0.15, -0.1) is 0 Å². The van der Waals surface area contributed by atoms with Crippen molar-refractivity contribution >= 4 is 11.6 Å². The minimum atomic E-state index is -4.37. The highest BCUT2D eigenvalue weighted by Crippen LogP contribution is 2.29. The van der Waals surface area contributed by atoms with E-state index in [-0.39, 0.29) is 13.2 Å². The minimum Gasteiger partial charge on any atom is -0.490 e. The van der Waals surface area contributed by atoms with Crippen molar-refractivity contribution in [3.63, 3.8) is 0 Å². The zero-order chi connectivity index (χ0) is 20.7. The van der Waals surface area contributed by atoms with E-state index in [1.807, 2.05) is 0 Å². The summed E-state index contributed by atoms with van der Waals surface area (Å²) in [6.07, 6.45) is -5.76. The normalized spacial score (nSPS) is 13.1. The summed E-state index contributed by atoms with van der Waals surface area (Å²) in [5.41, 5.74) is 6.05. The fraction of sp³-hybridized carbons (Fsp3) is 0.263. The molecule has 0 saturated carbocycles. The van der Waals surface area contributed by atoms with Gasteiger partial charge in [0, 0.05) is 0 Å². The minimum absolute atomic E-state index is 0.0294. The number of alkyl halides is 3. The van der Waals surface area contributed by atoms with Crippen molar-refractivity contribution < 1.29 is 32.6 Å². The highest BCUT2D eigenvalue weighted by molar-refractivity contribution is 5.98. The summed E-state index contributed by atoms with van der Waals surface area (Å²) in [7, 11) is 0. The van der Waals surface area contributed by atoms with Crippen LogP contribution in [0.5, 0.6) is 5.75 Å². The van der Waals surface area contributed by atoms with Gasteiger partial charge < -0.3 is 20.4 Å². The Morgan fingerprint density at radius 3 is 2.29 bits per heavy atom. The maximum absolute atomic E-state index is 12.5. The zero-order valence-corrected chi connectivity index (χ0v) is 14.9. The molecule has 150 valence electrons. The molecule has 0 aliphatic rings. The molecule has 0 aliphatic carbocycles. The van der Waals surface area contributed by atoms with Gasteiger partial charge in [0.05, 0.1) is 11.3 Å². The average molecular weight is 396 g/mol. The lowest BCUT2D eigenvalue weighted by atomic mass is 10.1. The number of carbonyl (C=O) groups is 1. The number of aliphatic hydroxyl groups is 1. The average Bonchev–Trinajstić information content (AvgIpc) is 2.66. The molecule has 1 amide bonds. The topological polar surface area (TPSA) is 94.1 Å². The number of primary amides is 1. The van der Waals surface area contributed by atoms with Gasteiger partial charge in [-0.25, -0.2) is 0 Å². The fourth-order valence-corrected chi connectivity index (χ4v) is 2.10. The van der Waals surface area contributed by atoms with E-state index in [0.717, 1.165) is 17.7 Å². The van der Waals surface area contributed by atoms with E-state index in [2.05, 4.69) is 5.16 Å². The summed E-state index contributed by atoms with van der Waals surface area (Å²) in [5, 5.41) is 13.2. The van der Waals surface area contributed by atoms with E-state index >= 15 is 0 Å². The highest BCUT2D eigenvalue weighted by Gasteiger charge is 2.29. The number of carbonyl (C=O) groups excluding carboxylic acids is 1. The molecule has 0 bridgehead atoms. The van der Waals surface area contributed by atoms with Crippen molar-refractivity contribution in [3.05, 3.63) is 65.2 Å². The van der Waals surface area contributed by atoms with Crippen molar-refractivity contribution in [2.45, 2.75) is 25.8 Å². The number of aliphatic hydroxyl groups excluding tert-OH is 1. The number of amides is 1. The quantitative estimate of drug-likeness (QED) is 0.530. The number of hydrogen-bond acceptors (Lipinski definition) is 5. The van der Waals surface area contributed by atoms with E-state index in [1.54, 1.807) is 31.2 Å². The van der Waals surface area contributed by atoms with Gasteiger partial charge in [0.25, 0.3) is 0 Å². The molecule has 28 heavy (non-hydrogen) atoms. The van der Waals surface area contributed by atoms with Crippen LogP contribution in [0, 0.1) is 0 Å². The van der Waals surface area contributed by atoms with Crippen molar-refractivity contribution in [1.29, 1.82) is 0 Å². The van der Waals surface area contributed by atoms with Crippen LogP contribution in [-0.2, 0) is 22.4 Å². The summed E-state index contributed by atoms with van der Waals surface area (Å²) in [4.78, 5) is 15.9. The van der Waals surface area contributed by atoms with Crippen LogP contribution in [0.2, 0.25) is 0 Å². The van der Waals surface area contributed by atoms with E-state index in [1.165, 1.54) is 12.1 Å². The Hall–Kier alpha value is -3.07. The van der Waals surface area contributed by atoms with E-state index in [4.69, 9.17) is 15.3 Å². The molecule has 2 aromatic rings. The Bertz CT molecular complexity index is 819. The summed E-state index contributed by atoms with van der Waals surface area (Å²) in [6, 6.07) is 11.3. The molecule has 1 unspecified atom stereocenters. The lowest BCUT2D eigenvalue weighted by Gasteiger charge is -2.10. The largest absolute Gasteiger partial charge is 0.490 e. The first kappa shape index (κ1) is 21.2. The van der Waals surface area contributed by atoms with Gasteiger partial charge in [-0.05, 0) is 54.4 Å². The third-order valence-electron chi connectivity index (χ3n) is 3.72. The molecule has 0 saturated heterocycles. The molecule has 0 aromatic heterocycles. The van der Waals surface area contributed by atoms with Crippen molar-refractivity contribution in [1.82, 2.24) is 0 Å². The monoisotopic (exact) mass is 396 g/mol. The Morgan fingerprint density at radius 2 is 1.75 bits per heavy atom. The van der Waals surface area contributed by atoms with Gasteiger partial charge >= 0.3 is 6.18 Å². The van der Waals surface area contributed by atoms with Crippen molar-refractivity contribution in [3.8, 4) is 5.75 Å². The van der Waals surface area contributed by atoms with Crippen LogP contribution >= 0.6 is 0 Å². The Kier molecular flexibility index (Phi) is 7.00. The lowest BCUT2D eigenvalue weighted by molar-refractivity contribution is -0.137. The van der Waals surface area contributed by atoms with E-state index < -0.39 is 23.8 Å². The standard InChI is InChI=1S/C19H19F3N2O4/c1-12(14-4-8-16(9-5-14)27-11-17(25)18(23)26)24-28-10-13-2-6-15(7-3-13)19(20,21)22/h2-9,17,25H,10-11H2,1H3,(H2,23,26). The number of hydrogen-bond donors (Lipinski definition) is 2. The van der Waals surface area contributed by atoms with Gasteiger partial charge in [0.2, 0.25) is 5.91 Å².